The highest BCUT2D eigenvalue weighted by Gasteiger charge is 2.11. The predicted octanol–water partition coefficient (Wildman–Crippen LogP) is 3.31. The standard InChI is InChI=1S/C23H33N3O3/c1-18(2)16-19-4-6-20(7-5-19)21-17-25-23(29-21)9-8-22(27)24-10-3-11-26-12-14-28-15-13-26/h4-7,17-18H,3,8-16H2,1-2H3,(H,24,27). The van der Waals surface area contributed by atoms with Crippen molar-refractivity contribution in [3.63, 3.8) is 0 Å². The van der Waals surface area contributed by atoms with Crippen molar-refractivity contribution < 1.29 is 13.9 Å². The Morgan fingerprint density at radius 3 is 2.69 bits per heavy atom. The number of aromatic nitrogens is 1. The second-order valence-electron chi connectivity index (χ2n) is 8.07. The fraction of sp³-hybridized carbons (Fsp3) is 0.565. The first-order valence-corrected chi connectivity index (χ1v) is 10.7. The minimum Gasteiger partial charge on any atom is -0.441 e. The Labute approximate surface area is 173 Å². The van der Waals surface area contributed by atoms with Gasteiger partial charge in [0, 0.05) is 38.0 Å². The van der Waals surface area contributed by atoms with Crippen molar-refractivity contribution in [1.29, 1.82) is 0 Å². The van der Waals surface area contributed by atoms with Crippen molar-refractivity contribution in [3.05, 3.63) is 41.9 Å². The molecule has 1 aliphatic heterocycles. The maximum absolute atomic E-state index is 12.1. The molecule has 2 heterocycles. The number of amides is 1. The van der Waals surface area contributed by atoms with Gasteiger partial charge in [0.1, 0.15) is 0 Å². The van der Waals surface area contributed by atoms with Crippen LogP contribution in [0.15, 0.2) is 34.9 Å². The number of morpholine rings is 1. The molecule has 2 aromatic rings. The molecule has 3 rings (SSSR count). The maximum atomic E-state index is 12.1. The van der Waals surface area contributed by atoms with Gasteiger partial charge in [0.05, 0.1) is 19.4 Å². The van der Waals surface area contributed by atoms with Crippen LogP contribution in [0, 0.1) is 5.92 Å². The summed E-state index contributed by atoms with van der Waals surface area (Å²) in [7, 11) is 0. The lowest BCUT2D eigenvalue weighted by atomic mass is 10.0. The molecule has 6 heteroatoms. The molecular formula is C23H33N3O3. The fourth-order valence-electron chi connectivity index (χ4n) is 3.50. The molecule has 0 unspecified atom stereocenters. The molecule has 1 saturated heterocycles. The molecule has 1 N–H and O–H groups in total. The van der Waals surface area contributed by atoms with Crippen LogP contribution in [0.4, 0.5) is 0 Å². The van der Waals surface area contributed by atoms with Gasteiger partial charge in [-0.1, -0.05) is 38.1 Å². The molecule has 0 bridgehead atoms. The fourth-order valence-corrected chi connectivity index (χ4v) is 3.50. The van der Waals surface area contributed by atoms with Gasteiger partial charge in [0.25, 0.3) is 0 Å². The van der Waals surface area contributed by atoms with Gasteiger partial charge in [0.2, 0.25) is 5.91 Å². The molecule has 1 amide bonds. The number of benzene rings is 1. The number of oxazole rings is 1. The summed E-state index contributed by atoms with van der Waals surface area (Å²) in [5.41, 5.74) is 2.35. The van der Waals surface area contributed by atoms with E-state index in [9.17, 15) is 4.79 Å². The van der Waals surface area contributed by atoms with Crippen molar-refractivity contribution in [3.8, 4) is 11.3 Å². The predicted molar refractivity (Wildman–Crippen MR) is 114 cm³/mol. The van der Waals surface area contributed by atoms with E-state index in [1.165, 1.54) is 5.56 Å². The number of hydrogen-bond acceptors (Lipinski definition) is 5. The largest absolute Gasteiger partial charge is 0.441 e. The number of ether oxygens (including phenoxy) is 1. The summed E-state index contributed by atoms with van der Waals surface area (Å²) in [6.45, 7) is 9.74. The summed E-state index contributed by atoms with van der Waals surface area (Å²) in [5.74, 6) is 2.05. The summed E-state index contributed by atoms with van der Waals surface area (Å²) >= 11 is 0. The number of nitrogens with zero attached hydrogens (tertiary/aromatic N) is 2. The van der Waals surface area contributed by atoms with Gasteiger partial charge in [-0.15, -0.1) is 0 Å². The normalized spacial score (nSPS) is 15.0. The van der Waals surface area contributed by atoms with Gasteiger partial charge in [-0.2, -0.15) is 0 Å². The Kier molecular flexibility index (Phi) is 8.25. The highest BCUT2D eigenvalue weighted by Crippen LogP contribution is 2.22. The third kappa shape index (κ3) is 7.29. The van der Waals surface area contributed by atoms with Gasteiger partial charge in [-0.05, 0) is 30.9 Å². The van der Waals surface area contributed by atoms with Crippen LogP contribution in [0.25, 0.3) is 11.3 Å². The van der Waals surface area contributed by atoms with E-state index >= 15 is 0 Å². The lowest BCUT2D eigenvalue weighted by Gasteiger charge is -2.26. The molecule has 0 atom stereocenters. The molecule has 0 radical (unpaired) electrons. The van der Waals surface area contributed by atoms with E-state index in [-0.39, 0.29) is 5.91 Å². The maximum Gasteiger partial charge on any atom is 0.220 e. The number of hydrogen-bond donors (Lipinski definition) is 1. The Balaban J connectivity index is 1.36. The zero-order valence-electron chi connectivity index (χ0n) is 17.7. The van der Waals surface area contributed by atoms with Crippen molar-refractivity contribution in [1.82, 2.24) is 15.2 Å². The van der Waals surface area contributed by atoms with Gasteiger partial charge in [-0.25, -0.2) is 4.98 Å². The molecule has 6 nitrogen and oxygen atoms in total. The molecule has 29 heavy (non-hydrogen) atoms. The SMILES string of the molecule is CC(C)Cc1ccc(-c2cnc(CCC(=O)NCCCN3CCOCC3)o2)cc1. The first-order valence-electron chi connectivity index (χ1n) is 10.7. The van der Waals surface area contributed by atoms with Crippen molar-refractivity contribution in [2.24, 2.45) is 5.92 Å². The van der Waals surface area contributed by atoms with Crippen LogP contribution in [0.3, 0.4) is 0 Å². The molecule has 1 aromatic heterocycles. The topological polar surface area (TPSA) is 67.6 Å². The van der Waals surface area contributed by atoms with Crippen LogP contribution < -0.4 is 5.32 Å². The molecule has 0 spiro atoms. The summed E-state index contributed by atoms with van der Waals surface area (Å²) in [6.07, 6.45) is 4.68. The molecule has 1 fully saturated rings. The minimum absolute atomic E-state index is 0.0461. The molecule has 1 aromatic carbocycles. The van der Waals surface area contributed by atoms with Crippen LogP contribution in [-0.4, -0.2) is 55.2 Å². The zero-order chi connectivity index (χ0) is 20.5. The lowest BCUT2D eigenvalue weighted by Crippen LogP contribution is -2.38. The van der Waals surface area contributed by atoms with E-state index in [0.717, 1.165) is 57.0 Å². The Morgan fingerprint density at radius 1 is 1.21 bits per heavy atom. The van der Waals surface area contributed by atoms with E-state index in [1.54, 1.807) is 6.20 Å². The number of carbonyl (C=O) groups is 1. The van der Waals surface area contributed by atoms with Crippen LogP contribution in [-0.2, 0) is 22.4 Å². The van der Waals surface area contributed by atoms with Crippen LogP contribution >= 0.6 is 0 Å². The van der Waals surface area contributed by atoms with E-state index < -0.39 is 0 Å². The van der Waals surface area contributed by atoms with Gasteiger partial charge >= 0.3 is 0 Å². The molecule has 0 saturated carbocycles. The average molecular weight is 400 g/mol. The minimum atomic E-state index is 0.0461. The summed E-state index contributed by atoms with van der Waals surface area (Å²) in [6, 6.07) is 8.43. The number of carbonyl (C=O) groups excluding carboxylic acids is 1. The van der Waals surface area contributed by atoms with Crippen molar-refractivity contribution in [2.45, 2.75) is 39.5 Å². The highest BCUT2D eigenvalue weighted by molar-refractivity contribution is 5.76. The number of nitrogens with one attached hydrogen (secondary N) is 1. The quantitative estimate of drug-likeness (QED) is 0.621. The summed E-state index contributed by atoms with van der Waals surface area (Å²) < 4.78 is 11.2. The summed E-state index contributed by atoms with van der Waals surface area (Å²) in [4.78, 5) is 18.8. The summed E-state index contributed by atoms with van der Waals surface area (Å²) in [5, 5.41) is 2.99. The van der Waals surface area contributed by atoms with Gasteiger partial charge in [0.15, 0.2) is 11.7 Å². The number of rotatable bonds is 10. The van der Waals surface area contributed by atoms with Crippen LogP contribution in [0.1, 0.15) is 38.1 Å². The van der Waals surface area contributed by atoms with E-state index in [4.69, 9.17) is 9.15 Å². The van der Waals surface area contributed by atoms with E-state index in [0.29, 0.717) is 31.2 Å². The lowest BCUT2D eigenvalue weighted by molar-refractivity contribution is -0.121. The number of aryl methyl sites for hydroxylation is 1. The van der Waals surface area contributed by atoms with Gasteiger partial charge in [-0.3, -0.25) is 9.69 Å². The first-order chi connectivity index (χ1) is 14.1. The van der Waals surface area contributed by atoms with Crippen LogP contribution in [0.2, 0.25) is 0 Å². The molecule has 0 aliphatic carbocycles. The Bertz CT molecular complexity index is 749. The molecule has 158 valence electrons. The second kappa shape index (κ2) is 11.1. The van der Waals surface area contributed by atoms with Crippen molar-refractivity contribution in [2.75, 3.05) is 39.4 Å². The van der Waals surface area contributed by atoms with E-state index in [2.05, 4.69) is 53.3 Å². The van der Waals surface area contributed by atoms with E-state index in [1.807, 2.05) is 0 Å². The molecule has 1 aliphatic rings. The van der Waals surface area contributed by atoms with Crippen molar-refractivity contribution >= 4 is 5.91 Å². The van der Waals surface area contributed by atoms with Gasteiger partial charge < -0.3 is 14.5 Å². The zero-order valence-corrected chi connectivity index (χ0v) is 17.7. The average Bonchev–Trinajstić information content (AvgIpc) is 3.20. The van der Waals surface area contributed by atoms with Crippen LogP contribution in [0.5, 0.6) is 0 Å². The third-order valence-electron chi connectivity index (χ3n) is 5.08. The Morgan fingerprint density at radius 2 is 1.97 bits per heavy atom. The third-order valence-corrected chi connectivity index (χ3v) is 5.08. The first kappa shape index (κ1) is 21.5. The highest BCUT2D eigenvalue weighted by atomic mass is 16.5. The Hall–Kier alpha value is -2.18. The monoisotopic (exact) mass is 399 g/mol. The smallest absolute Gasteiger partial charge is 0.220 e. The molecular weight excluding hydrogens is 366 g/mol. The second-order valence-corrected chi connectivity index (χ2v) is 8.07.